The van der Waals surface area contributed by atoms with Gasteiger partial charge in [-0.05, 0) is 30.7 Å². The van der Waals surface area contributed by atoms with E-state index in [9.17, 15) is 4.79 Å². The lowest BCUT2D eigenvalue weighted by Gasteiger charge is -2.12. The van der Waals surface area contributed by atoms with E-state index in [4.69, 9.17) is 27.9 Å². The maximum atomic E-state index is 12.3. The number of benzene rings is 2. The van der Waals surface area contributed by atoms with Crippen LogP contribution in [0.15, 0.2) is 42.5 Å². The van der Waals surface area contributed by atoms with Gasteiger partial charge < -0.3 is 10.1 Å². The van der Waals surface area contributed by atoms with E-state index in [2.05, 4.69) is 12.2 Å². The zero-order valence-electron chi connectivity index (χ0n) is 12.9. The first-order valence-corrected chi connectivity index (χ1v) is 8.35. The summed E-state index contributed by atoms with van der Waals surface area (Å²) in [5.74, 6) is 0.165. The number of anilines is 1. The summed E-state index contributed by atoms with van der Waals surface area (Å²) in [5.41, 5.74) is 1.11. The molecule has 0 aliphatic rings. The average molecular weight is 352 g/mol. The van der Waals surface area contributed by atoms with E-state index in [0.29, 0.717) is 33.7 Å². The van der Waals surface area contributed by atoms with Gasteiger partial charge in [-0.2, -0.15) is 0 Å². The van der Waals surface area contributed by atoms with Crippen molar-refractivity contribution in [2.45, 2.75) is 26.2 Å². The standard InChI is InChI=1S/C18H19Cl2NO2/c1-2-3-7-10-23-17-15(19)11-13(12-16(17)20)18(22)21-14-8-5-4-6-9-14/h4-6,8-9,11-12H,2-3,7,10H2,1H3,(H,21,22). The highest BCUT2D eigenvalue weighted by atomic mass is 35.5. The Morgan fingerprint density at radius 3 is 2.35 bits per heavy atom. The van der Waals surface area contributed by atoms with E-state index < -0.39 is 0 Å². The summed E-state index contributed by atoms with van der Waals surface area (Å²) in [6.45, 7) is 2.68. The van der Waals surface area contributed by atoms with E-state index in [-0.39, 0.29) is 5.91 Å². The number of para-hydroxylation sites is 1. The molecule has 3 nitrogen and oxygen atoms in total. The van der Waals surface area contributed by atoms with Crippen LogP contribution in [0, 0.1) is 0 Å². The smallest absolute Gasteiger partial charge is 0.255 e. The quantitative estimate of drug-likeness (QED) is 0.638. The fourth-order valence-corrected chi connectivity index (χ4v) is 2.68. The van der Waals surface area contributed by atoms with Gasteiger partial charge in [0.2, 0.25) is 0 Å². The van der Waals surface area contributed by atoms with Crippen LogP contribution < -0.4 is 10.1 Å². The van der Waals surface area contributed by atoms with Gasteiger partial charge in [-0.25, -0.2) is 0 Å². The molecule has 0 aliphatic heterocycles. The number of carbonyl (C=O) groups is 1. The van der Waals surface area contributed by atoms with Crippen molar-refractivity contribution < 1.29 is 9.53 Å². The minimum atomic E-state index is -0.266. The summed E-state index contributed by atoms with van der Waals surface area (Å²) >= 11 is 12.4. The normalized spacial score (nSPS) is 10.4. The number of amides is 1. The Morgan fingerprint density at radius 2 is 1.74 bits per heavy atom. The Kier molecular flexibility index (Phi) is 6.75. The van der Waals surface area contributed by atoms with E-state index >= 15 is 0 Å². The third kappa shape index (κ3) is 5.15. The van der Waals surface area contributed by atoms with Crippen LogP contribution in [-0.4, -0.2) is 12.5 Å². The first-order valence-electron chi connectivity index (χ1n) is 7.60. The summed E-state index contributed by atoms with van der Waals surface area (Å²) in [5, 5.41) is 3.47. The molecule has 0 aromatic heterocycles. The van der Waals surface area contributed by atoms with Crippen LogP contribution in [0.5, 0.6) is 5.75 Å². The molecule has 0 heterocycles. The third-order valence-corrected chi connectivity index (χ3v) is 3.85. The first kappa shape index (κ1) is 17.6. The van der Waals surface area contributed by atoms with Crippen molar-refractivity contribution in [1.29, 1.82) is 0 Å². The molecule has 2 aromatic carbocycles. The number of hydrogen-bond donors (Lipinski definition) is 1. The predicted molar refractivity (Wildman–Crippen MR) is 95.9 cm³/mol. The van der Waals surface area contributed by atoms with Gasteiger partial charge in [-0.1, -0.05) is 61.2 Å². The molecule has 0 aliphatic carbocycles. The molecule has 1 N–H and O–H groups in total. The topological polar surface area (TPSA) is 38.3 Å². The Hall–Kier alpha value is -1.71. The molecule has 0 bridgehead atoms. The number of hydrogen-bond acceptors (Lipinski definition) is 2. The van der Waals surface area contributed by atoms with Crippen molar-refractivity contribution in [3.8, 4) is 5.75 Å². The van der Waals surface area contributed by atoms with Crippen molar-refractivity contribution in [2.24, 2.45) is 0 Å². The van der Waals surface area contributed by atoms with Gasteiger partial charge in [0.05, 0.1) is 16.7 Å². The van der Waals surface area contributed by atoms with Crippen LogP contribution >= 0.6 is 23.2 Å². The number of rotatable bonds is 7. The Morgan fingerprint density at radius 1 is 1.09 bits per heavy atom. The minimum Gasteiger partial charge on any atom is -0.490 e. The molecule has 0 fully saturated rings. The summed E-state index contributed by atoms with van der Waals surface area (Å²) in [4.78, 5) is 12.3. The van der Waals surface area contributed by atoms with Crippen molar-refractivity contribution in [1.82, 2.24) is 0 Å². The third-order valence-electron chi connectivity index (χ3n) is 3.29. The molecule has 0 atom stereocenters. The lowest BCUT2D eigenvalue weighted by atomic mass is 10.2. The number of nitrogens with one attached hydrogen (secondary N) is 1. The second kappa shape index (κ2) is 8.80. The molecule has 0 saturated carbocycles. The fraction of sp³-hybridized carbons (Fsp3) is 0.278. The van der Waals surface area contributed by atoms with Crippen LogP contribution in [0.25, 0.3) is 0 Å². The molecular formula is C18H19Cl2NO2. The number of unbranched alkanes of at least 4 members (excludes halogenated alkanes) is 2. The molecule has 0 spiro atoms. The summed E-state index contributed by atoms with van der Waals surface area (Å²) in [6, 6.07) is 12.3. The average Bonchev–Trinajstić information content (AvgIpc) is 2.54. The van der Waals surface area contributed by atoms with Crippen LogP contribution in [-0.2, 0) is 0 Å². The van der Waals surface area contributed by atoms with Crippen molar-refractivity contribution in [3.63, 3.8) is 0 Å². The maximum Gasteiger partial charge on any atom is 0.255 e. The second-order valence-corrected chi connectivity index (χ2v) is 5.96. The Labute approximate surface area is 146 Å². The van der Waals surface area contributed by atoms with Gasteiger partial charge in [0.15, 0.2) is 5.75 Å². The second-order valence-electron chi connectivity index (χ2n) is 5.14. The molecule has 0 unspecified atom stereocenters. The summed E-state index contributed by atoms with van der Waals surface area (Å²) in [7, 11) is 0. The van der Waals surface area contributed by atoms with Gasteiger partial charge in [-0.15, -0.1) is 0 Å². The molecule has 5 heteroatoms. The lowest BCUT2D eigenvalue weighted by Crippen LogP contribution is -2.12. The summed E-state index contributed by atoms with van der Waals surface area (Å²) < 4.78 is 5.63. The number of halogens is 2. The van der Waals surface area contributed by atoms with E-state index in [1.54, 1.807) is 12.1 Å². The van der Waals surface area contributed by atoms with Gasteiger partial charge in [0.1, 0.15) is 0 Å². The molecule has 2 rings (SSSR count). The highest BCUT2D eigenvalue weighted by molar-refractivity contribution is 6.37. The summed E-state index contributed by atoms with van der Waals surface area (Å²) in [6.07, 6.45) is 3.15. The first-order chi connectivity index (χ1) is 11.1. The predicted octanol–water partition coefficient (Wildman–Crippen LogP) is 5.81. The van der Waals surface area contributed by atoms with Crippen LogP contribution in [0.4, 0.5) is 5.69 Å². The van der Waals surface area contributed by atoms with Crippen LogP contribution in [0.2, 0.25) is 10.0 Å². The van der Waals surface area contributed by atoms with Crippen molar-refractivity contribution in [3.05, 3.63) is 58.1 Å². The highest BCUT2D eigenvalue weighted by Gasteiger charge is 2.14. The molecule has 122 valence electrons. The SMILES string of the molecule is CCCCCOc1c(Cl)cc(C(=O)Nc2ccccc2)cc1Cl. The zero-order valence-corrected chi connectivity index (χ0v) is 14.5. The van der Waals surface area contributed by atoms with Crippen molar-refractivity contribution in [2.75, 3.05) is 11.9 Å². The highest BCUT2D eigenvalue weighted by Crippen LogP contribution is 2.34. The molecular weight excluding hydrogens is 333 g/mol. The number of carbonyl (C=O) groups excluding carboxylic acids is 1. The van der Waals surface area contributed by atoms with Crippen LogP contribution in [0.1, 0.15) is 36.5 Å². The zero-order chi connectivity index (χ0) is 16.7. The molecule has 0 saturated heterocycles. The Balaban J connectivity index is 2.07. The van der Waals surface area contributed by atoms with Gasteiger partial charge in [0.25, 0.3) is 5.91 Å². The van der Waals surface area contributed by atoms with E-state index in [1.807, 2.05) is 30.3 Å². The van der Waals surface area contributed by atoms with Crippen LogP contribution in [0.3, 0.4) is 0 Å². The fourth-order valence-electron chi connectivity index (χ4n) is 2.08. The van der Waals surface area contributed by atoms with E-state index in [0.717, 1.165) is 19.3 Å². The molecule has 23 heavy (non-hydrogen) atoms. The van der Waals surface area contributed by atoms with Gasteiger partial charge in [-0.3, -0.25) is 4.79 Å². The lowest BCUT2D eigenvalue weighted by molar-refractivity contribution is 0.102. The van der Waals surface area contributed by atoms with E-state index in [1.165, 1.54) is 0 Å². The van der Waals surface area contributed by atoms with Gasteiger partial charge >= 0.3 is 0 Å². The number of ether oxygens (including phenoxy) is 1. The Bertz CT molecular complexity index is 636. The van der Waals surface area contributed by atoms with Gasteiger partial charge in [0, 0.05) is 11.3 Å². The molecule has 2 aromatic rings. The largest absolute Gasteiger partial charge is 0.490 e. The maximum absolute atomic E-state index is 12.3. The molecule has 1 amide bonds. The van der Waals surface area contributed by atoms with Crippen molar-refractivity contribution >= 4 is 34.8 Å². The molecule has 0 radical (unpaired) electrons. The monoisotopic (exact) mass is 351 g/mol. The minimum absolute atomic E-state index is 0.266.